The summed E-state index contributed by atoms with van der Waals surface area (Å²) >= 11 is 5.53. The van der Waals surface area contributed by atoms with E-state index < -0.39 is 0 Å². The summed E-state index contributed by atoms with van der Waals surface area (Å²) in [5.74, 6) is 2.75. The van der Waals surface area contributed by atoms with Crippen LogP contribution in [-0.4, -0.2) is 5.88 Å². The monoisotopic (exact) mass is 119 g/mol. The Morgan fingerprint density at radius 3 is 2.00 bits per heavy atom. The van der Waals surface area contributed by atoms with Gasteiger partial charge < -0.3 is 0 Å². The summed E-state index contributed by atoms with van der Waals surface area (Å²) in [4.78, 5) is 0. The van der Waals surface area contributed by atoms with Gasteiger partial charge in [0.1, 0.15) is 0 Å². The fourth-order valence-corrected chi connectivity index (χ4v) is 0.463. The SMILES string of the molecule is C[C](C)C(C)CCl. The van der Waals surface area contributed by atoms with Gasteiger partial charge in [-0.2, -0.15) is 0 Å². The van der Waals surface area contributed by atoms with E-state index in [9.17, 15) is 0 Å². The van der Waals surface area contributed by atoms with Crippen LogP contribution in [0, 0.1) is 11.8 Å². The standard InChI is InChI=1S/C6H12Cl/c1-5(2)6(3)4-7/h6H,4H2,1-3H3. The molecular formula is C6H12Cl. The van der Waals surface area contributed by atoms with Crippen molar-refractivity contribution in [2.75, 3.05) is 5.88 Å². The van der Waals surface area contributed by atoms with Gasteiger partial charge >= 0.3 is 0 Å². The molecule has 0 heterocycles. The summed E-state index contributed by atoms with van der Waals surface area (Å²) in [5, 5.41) is 0. The van der Waals surface area contributed by atoms with Gasteiger partial charge in [-0.05, 0) is 11.8 Å². The summed E-state index contributed by atoms with van der Waals surface area (Å²) in [6, 6.07) is 0. The molecule has 1 radical (unpaired) electrons. The summed E-state index contributed by atoms with van der Waals surface area (Å²) in [6.07, 6.45) is 0. The Morgan fingerprint density at radius 1 is 1.57 bits per heavy atom. The van der Waals surface area contributed by atoms with Crippen LogP contribution in [0.15, 0.2) is 0 Å². The van der Waals surface area contributed by atoms with E-state index in [-0.39, 0.29) is 0 Å². The minimum Gasteiger partial charge on any atom is -0.126 e. The van der Waals surface area contributed by atoms with E-state index in [0.717, 1.165) is 5.88 Å². The number of alkyl halides is 1. The van der Waals surface area contributed by atoms with Crippen LogP contribution >= 0.6 is 11.6 Å². The Morgan fingerprint density at radius 2 is 2.00 bits per heavy atom. The number of hydrogen-bond donors (Lipinski definition) is 0. The van der Waals surface area contributed by atoms with E-state index in [2.05, 4.69) is 20.8 Å². The van der Waals surface area contributed by atoms with E-state index in [1.54, 1.807) is 0 Å². The van der Waals surface area contributed by atoms with Crippen molar-refractivity contribution < 1.29 is 0 Å². The molecule has 7 heavy (non-hydrogen) atoms. The molecule has 0 N–H and O–H groups in total. The van der Waals surface area contributed by atoms with Gasteiger partial charge in [-0.1, -0.05) is 20.8 Å². The molecule has 1 heteroatoms. The van der Waals surface area contributed by atoms with Crippen LogP contribution in [-0.2, 0) is 0 Å². The Bertz CT molecular complexity index is 41.4. The zero-order valence-corrected chi connectivity index (χ0v) is 5.92. The molecule has 0 aromatic heterocycles. The Labute approximate surface area is 50.9 Å². The Hall–Kier alpha value is 0.290. The lowest BCUT2D eigenvalue weighted by Crippen LogP contribution is -2.01. The van der Waals surface area contributed by atoms with Crippen molar-refractivity contribution in [3.63, 3.8) is 0 Å². The fraction of sp³-hybridized carbons (Fsp3) is 0.833. The highest BCUT2D eigenvalue weighted by molar-refractivity contribution is 6.18. The van der Waals surface area contributed by atoms with Gasteiger partial charge in [-0.3, -0.25) is 0 Å². The van der Waals surface area contributed by atoms with E-state index in [0.29, 0.717) is 5.92 Å². The molecule has 0 aliphatic heterocycles. The van der Waals surface area contributed by atoms with Gasteiger partial charge in [0.2, 0.25) is 0 Å². The second kappa shape index (κ2) is 3.31. The highest BCUT2D eigenvalue weighted by atomic mass is 35.5. The first-order valence-electron chi connectivity index (χ1n) is 2.54. The lowest BCUT2D eigenvalue weighted by molar-refractivity contribution is 0.677. The molecule has 0 aliphatic carbocycles. The fourth-order valence-electron chi connectivity index (χ4n) is 0.154. The van der Waals surface area contributed by atoms with Crippen LogP contribution in [0.1, 0.15) is 20.8 Å². The Balaban J connectivity index is 3.14. The second-order valence-corrected chi connectivity index (χ2v) is 2.44. The van der Waals surface area contributed by atoms with Crippen LogP contribution in [0.25, 0.3) is 0 Å². The summed E-state index contributed by atoms with van der Waals surface area (Å²) < 4.78 is 0. The normalized spacial score (nSPS) is 15.0. The Kier molecular flexibility index (Phi) is 3.45. The van der Waals surface area contributed by atoms with Gasteiger partial charge in [0.25, 0.3) is 0 Å². The molecule has 0 aromatic carbocycles. The maximum absolute atomic E-state index is 5.53. The third-order valence-corrected chi connectivity index (χ3v) is 1.68. The first-order chi connectivity index (χ1) is 3.18. The highest BCUT2D eigenvalue weighted by Gasteiger charge is 2.03. The lowest BCUT2D eigenvalue weighted by Gasteiger charge is -2.08. The van der Waals surface area contributed by atoms with Crippen molar-refractivity contribution in [1.29, 1.82) is 0 Å². The first-order valence-corrected chi connectivity index (χ1v) is 3.08. The smallest absolute Gasteiger partial charge is 0.0254 e. The summed E-state index contributed by atoms with van der Waals surface area (Å²) in [6.45, 7) is 6.34. The van der Waals surface area contributed by atoms with Gasteiger partial charge in [0.15, 0.2) is 0 Å². The molecule has 0 saturated heterocycles. The highest BCUT2D eigenvalue weighted by Crippen LogP contribution is 2.12. The van der Waals surface area contributed by atoms with Gasteiger partial charge in [0, 0.05) is 5.88 Å². The molecule has 0 bridgehead atoms. The van der Waals surface area contributed by atoms with Crippen molar-refractivity contribution in [3.8, 4) is 0 Å². The zero-order chi connectivity index (χ0) is 5.86. The number of hydrogen-bond acceptors (Lipinski definition) is 0. The largest absolute Gasteiger partial charge is 0.126 e. The van der Waals surface area contributed by atoms with Gasteiger partial charge in [-0.15, -0.1) is 11.6 Å². The van der Waals surface area contributed by atoms with Crippen LogP contribution in [0.2, 0.25) is 0 Å². The van der Waals surface area contributed by atoms with Crippen LogP contribution in [0.4, 0.5) is 0 Å². The molecule has 0 fully saturated rings. The molecule has 0 nitrogen and oxygen atoms in total. The van der Waals surface area contributed by atoms with Gasteiger partial charge in [0.05, 0.1) is 0 Å². The quantitative estimate of drug-likeness (QED) is 0.490. The van der Waals surface area contributed by atoms with E-state index in [1.165, 1.54) is 5.92 Å². The van der Waals surface area contributed by atoms with Crippen molar-refractivity contribution in [2.24, 2.45) is 5.92 Å². The molecule has 0 aliphatic rings. The van der Waals surface area contributed by atoms with Crippen LogP contribution < -0.4 is 0 Å². The maximum atomic E-state index is 5.53. The molecule has 0 aromatic rings. The number of rotatable bonds is 2. The van der Waals surface area contributed by atoms with Crippen molar-refractivity contribution >= 4 is 11.6 Å². The molecule has 0 spiro atoms. The van der Waals surface area contributed by atoms with Crippen molar-refractivity contribution in [3.05, 3.63) is 5.92 Å². The minimum absolute atomic E-state index is 0.585. The molecule has 43 valence electrons. The molecule has 0 amide bonds. The van der Waals surface area contributed by atoms with E-state index in [4.69, 9.17) is 11.6 Å². The average Bonchev–Trinajstić information content (AvgIpc) is 1.65. The molecule has 0 saturated carbocycles. The number of halogens is 1. The minimum atomic E-state index is 0.585. The van der Waals surface area contributed by atoms with Crippen molar-refractivity contribution in [1.82, 2.24) is 0 Å². The van der Waals surface area contributed by atoms with Crippen molar-refractivity contribution in [2.45, 2.75) is 20.8 Å². The zero-order valence-electron chi connectivity index (χ0n) is 5.16. The van der Waals surface area contributed by atoms with Crippen LogP contribution in [0.3, 0.4) is 0 Å². The predicted octanol–water partition coefficient (Wildman–Crippen LogP) is 2.48. The molecule has 0 rings (SSSR count). The topological polar surface area (TPSA) is 0 Å². The summed E-state index contributed by atoms with van der Waals surface area (Å²) in [7, 11) is 0. The second-order valence-electron chi connectivity index (χ2n) is 2.13. The molecular weight excluding hydrogens is 108 g/mol. The van der Waals surface area contributed by atoms with E-state index in [1.807, 2.05) is 0 Å². The molecule has 1 atom stereocenters. The van der Waals surface area contributed by atoms with Crippen LogP contribution in [0.5, 0.6) is 0 Å². The average molecular weight is 120 g/mol. The third-order valence-electron chi connectivity index (χ3n) is 1.22. The summed E-state index contributed by atoms with van der Waals surface area (Å²) in [5.41, 5.74) is 0. The van der Waals surface area contributed by atoms with E-state index >= 15 is 0 Å². The lowest BCUT2D eigenvalue weighted by atomic mass is 10.0. The maximum Gasteiger partial charge on any atom is 0.0254 e. The molecule has 1 unspecified atom stereocenters. The third kappa shape index (κ3) is 2.93. The first kappa shape index (κ1) is 7.29. The predicted molar refractivity (Wildman–Crippen MR) is 34.5 cm³/mol. The van der Waals surface area contributed by atoms with Gasteiger partial charge in [-0.25, -0.2) is 0 Å².